The summed E-state index contributed by atoms with van der Waals surface area (Å²) in [6.45, 7) is 1.21. The van der Waals surface area contributed by atoms with Crippen molar-refractivity contribution in [2.45, 2.75) is 0 Å². The summed E-state index contributed by atoms with van der Waals surface area (Å²) in [5.41, 5.74) is 1.33. The molecule has 136 valence electrons. The average Bonchev–Trinajstić information content (AvgIpc) is 2.63. The maximum absolute atomic E-state index is 12.6. The van der Waals surface area contributed by atoms with Crippen molar-refractivity contribution in [2.75, 3.05) is 32.4 Å². The Morgan fingerprint density at radius 1 is 0.962 bits per heavy atom. The van der Waals surface area contributed by atoms with Crippen molar-refractivity contribution >= 4 is 33.1 Å². The normalized spacial score (nSPS) is 18.8. The molecule has 1 aromatic rings. The maximum atomic E-state index is 12.6. The first kappa shape index (κ1) is 18.2. The number of rotatable bonds is 3. The van der Waals surface area contributed by atoms with Crippen LogP contribution in [0.3, 0.4) is 0 Å². The van der Waals surface area contributed by atoms with Gasteiger partial charge in [-0.25, -0.2) is 8.42 Å². The van der Waals surface area contributed by atoms with Gasteiger partial charge in [-0.05, 0) is 35.9 Å². The second-order valence-electron chi connectivity index (χ2n) is 6.19. The van der Waals surface area contributed by atoms with Crippen LogP contribution in [0.1, 0.15) is 15.9 Å². The van der Waals surface area contributed by atoms with Crippen molar-refractivity contribution in [1.29, 1.82) is 0 Å². The molecule has 0 unspecified atom stereocenters. The Labute approximate surface area is 151 Å². The second-order valence-corrected chi connectivity index (χ2v) is 8.17. The molecular formula is C18H18N2O5S. The molecule has 1 heterocycles. The van der Waals surface area contributed by atoms with Gasteiger partial charge in [-0.3, -0.25) is 14.4 Å². The molecule has 1 amide bonds. The van der Waals surface area contributed by atoms with E-state index < -0.39 is 10.0 Å². The number of piperazine rings is 1. The van der Waals surface area contributed by atoms with Gasteiger partial charge in [-0.1, -0.05) is 12.1 Å². The maximum Gasteiger partial charge on any atom is 0.253 e. The summed E-state index contributed by atoms with van der Waals surface area (Å²) in [5, 5.41) is 0. The Morgan fingerprint density at radius 2 is 1.58 bits per heavy atom. The van der Waals surface area contributed by atoms with Crippen LogP contribution in [-0.2, 0) is 19.6 Å². The SMILES string of the molecule is CS(=O)(=O)N1CCN(C(=O)c2ccc(C3=CC(=O)C=CC3=O)cc2)CC1. The molecule has 0 spiro atoms. The molecule has 1 aromatic carbocycles. The molecule has 0 radical (unpaired) electrons. The first-order chi connectivity index (χ1) is 12.3. The van der Waals surface area contributed by atoms with Crippen LogP contribution in [0.15, 0.2) is 42.5 Å². The Hall–Kier alpha value is -2.58. The van der Waals surface area contributed by atoms with E-state index in [0.717, 1.165) is 6.26 Å². The van der Waals surface area contributed by atoms with E-state index in [1.165, 1.54) is 22.5 Å². The van der Waals surface area contributed by atoms with Crippen LogP contribution in [0.25, 0.3) is 5.57 Å². The van der Waals surface area contributed by atoms with Gasteiger partial charge < -0.3 is 4.90 Å². The highest BCUT2D eigenvalue weighted by Gasteiger charge is 2.26. The molecule has 26 heavy (non-hydrogen) atoms. The molecule has 3 rings (SSSR count). The van der Waals surface area contributed by atoms with E-state index in [1.54, 1.807) is 29.2 Å². The quantitative estimate of drug-likeness (QED) is 0.719. The number of amides is 1. The molecule has 7 nitrogen and oxygen atoms in total. The molecule has 0 bridgehead atoms. The first-order valence-corrected chi connectivity index (χ1v) is 9.93. The lowest BCUT2D eigenvalue weighted by atomic mass is 9.95. The van der Waals surface area contributed by atoms with Gasteiger partial charge in [0, 0.05) is 37.3 Å². The molecule has 1 saturated heterocycles. The van der Waals surface area contributed by atoms with E-state index in [2.05, 4.69) is 0 Å². The Morgan fingerprint density at radius 3 is 2.15 bits per heavy atom. The van der Waals surface area contributed by atoms with Crippen LogP contribution in [0.2, 0.25) is 0 Å². The van der Waals surface area contributed by atoms with E-state index in [9.17, 15) is 22.8 Å². The molecule has 0 N–H and O–H groups in total. The predicted octanol–water partition coefficient (Wildman–Crippen LogP) is 0.495. The number of allylic oxidation sites excluding steroid dienone is 4. The summed E-state index contributed by atoms with van der Waals surface area (Å²) >= 11 is 0. The number of carbonyl (C=O) groups excluding carboxylic acids is 3. The molecule has 1 aliphatic heterocycles. The van der Waals surface area contributed by atoms with Crippen molar-refractivity contribution in [3.05, 3.63) is 53.6 Å². The highest BCUT2D eigenvalue weighted by atomic mass is 32.2. The Bertz CT molecular complexity index is 921. The fourth-order valence-corrected chi connectivity index (χ4v) is 3.76. The Balaban J connectivity index is 1.70. The largest absolute Gasteiger partial charge is 0.336 e. The highest BCUT2D eigenvalue weighted by Crippen LogP contribution is 2.20. The third-order valence-corrected chi connectivity index (χ3v) is 5.69. The summed E-state index contributed by atoms with van der Waals surface area (Å²) in [7, 11) is -3.24. The van der Waals surface area contributed by atoms with Crippen molar-refractivity contribution in [3.8, 4) is 0 Å². The summed E-state index contributed by atoms with van der Waals surface area (Å²) < 4.78 is 24.4. The first-order valence-electron chi connectivity index (χ1n) is 8.08. The molecule has 1 aliphatic carbocycles. The number of ketones is 2. The van der Waals surface area contributed by atoms with Crippen LogP contribution in [0.5, 0.6) is 0 Å². The minimum atomic E-state index is -3.24. The van der Waals surface area contributed by atoms with Crippen LogP contribution in [0, 0.1) is 0 Å². The Kier molecular flexibility index (Phi) is 4.88. The van der Waals surface area contributed by atoms with E-state index in [4.69, 9.17) is 0 Å². The van der Waals surface area contributed by atoms with Crippen LogP contribution in [-0.4, -0.2) is 67.5 Å². The minimum absolute atomic E-state index is 0.190. The monoisotopic (exact) mass is 374 g/mol. The summed E-state index contributed by atoms with van der Waals surface area (Å²) in [5.74, 6) is -0.686. The third kappa shape index (κ3) is 3.81. The fourth-order valence-electron chi connectivity index (χ4n) is 2.93. The number of benzene rings is 1. The van der Waals surface area contributed by atoms with Gasteiger partial charge in [0.2, 0.25) is 10.0 Å². The smallest absolute Gasteiger partial charge is 0.253 e. The van der Waals surface area contributed by atoms with Crippen molar-refractivity contribution in [3.63, 3.8) is 0 Å². The summed E-state index contributed by atoms with van der Waals surface area (Å²) in [6, 6.07) is 6.49. The third-order valence-electron chi connectivity index (χ3n) is 4.39. The summed E-state index contributed by atoms with van der Waals surface area (Å²) in [6.07, 6.45) is 4.89. The lowest BCUT2D eigenvalue weighted by Gasteiger charge is -2.33. The van der Waals surface area contributed by atoms with Gasteiger partial charge in [0.1, 0.15) is 0 Å². The molecule has 0 atom stereocenters. The van der Waals surface area contributed by atoms with E-state index >= 15 is 0 Å². The van der Waals surface area contributed by atoms with Crippen molar-refractivity contribution in [2.24, 2.45) is 0 Å². The highest BCUT2D eigenvalue weighted by molar-refractivity contribution is 7.88. The zero-order valence-corrected chi connectivity index (χ0v) is 15.0. The van der Waals surface area contributed by atoms with Crippen LogP contribution >= 0.6 is 0 Å². The lowest BCUT2D eigenvalue weighted by Crippen LogP contribution is -2.50. The van der Waals surface area contributed by atoms with Crippen molar-refractivity contribution in [1.82, 2.24) is 9.21 Å². The molecule has 0 saturated carbocycles. The number of sulfonamides is 1. The molecular weight excluding hydrogens is 356 g/mol. The van der Waals surface area contributed by atoms with Gasteiger partial charge in [0.15, 0.2) is 11.6 Å². The predicted molar refractivity (Wildman–Crippen MR) is 95.9 cm³/mol. The van der Waals surface area contributed by atoms with Crippen LogP contribution in [0.4, 0.5) is 0 Å². The number of carbonyl (C=O) groups is 3. The second kappa shape index (κ2) is 6.97. The van der Waals surface area contributed by atoms with Gasteiger partial charge in [0.05, 0.1) is 6.26 Å². The van der Waals surface area contributed by atoms with Crippen molar-refractivity contribution < 1.29 is 22.8 Å². The number of hydrogen-bond donors (Lipinski definition) is 0. The van der Waals surface area contributed by atoms with E-state index in [0.29, 0.717) is 29.8 Å². The number of hydrogen-bond acceptors (Lipinski definition) is 5. The zero-order valence-electron chi connectivity index (χ0n) is 14.2. The van der Waals surface area contributed by atoms with Gasteiger partial charge in [-0.15, -0.1) is 0 Å². The topological polar surface area (TPSA) is 91.8 Å². The van der Waals surface area contributed by atoms with Gasteiger partial charge >= 0.3 is 0 Å². The minimum Gasteiger partial charge on any atom is -0.336 e. The average molecular weight is 374 g/mol. The van der Waals surface area contributed by atoms with E-state index in [-0.39, 0.29) is 30.6 Å². The fraction of sp³-hybridized carbons (Fsp3) is 0.278. The van der Waals surface area contributed by atoms with Crippen LogP contribution < -0.4 is 0 Å². The molecule has 1 fully saturated rings. The van der Waals surface area contributed by atoms with Gasteiger partial charge in [0.25, 0.3) is 5.91 Å². The molecule has 2 aliphatic rings. The summed E-state index contributed by atoms with van der Waals surface area (Å²) in [4.78, 5) is 37.5. The molecule has 0 aromatic heterocycles. The lowest BCUT2D eigenvalue weighted by molar-refractivity contribution is -0.113. The van der Waals surface area contributed by atoms with Gasteiger partial charge in [-0.2, -0.15) is 4.31 Å². The van der Waals surface area contributed by atoms with E-state index in [1.807, 2.05) is 0 Å². The number of nitrogens with zero attached hydrogens (tertiary/aromatic N) is 2. The standard InChI is InChI=1S/C18H18N2O5S/c1-26(24,25)20-10-8-19(9-11-20)18(23)14-4-2-13(3-5-14)16-12-15(21)6-7-17(16)22/h2-7,12H,8-11H2,1H3. The molecule has 8 heteroatoms. The zero-order chi connectivity index (χ0) is 18.9.